The zero-order valence-electron chi connectivity index (χ0n) is 12.9. The van der Waals surface area contributed by atoms with Crippen LogP contribution in [0.5, 0.6) is 5.75 Å². The normalized spacial score (nSPS) is 25.4. The van der Waals surface area contributed by atoms with Crippen LogP contribution in [0.3, 0.4) is 0 Å². The molecular weight excluding hydrogens is 324 g/mol. The molecule has 2 unspecified atom stereocenters. The molecule has 2 atom stereocenters. The van der Waals surface area contributed by atoms with Gasteiger partial charge in [-0.3, -0.25) is 0 Å². The zero-order valence-corrected chi connectivity index (χ0v) is 14.5. The van der Waals surface area contributed by atoms with E-state index in [-0.39, 0.29) is 24.5 Å². The van der Waals surface area contributed by atoms with Gasteiger partial charge in [-0.1, -0.05) is 0 Å². The van der Waals surface area contributed by atoms with Crippen molar-refractivity contribution in [3.8, 4) is 5.75 Å². The summed E-state index contributed by atoms with van der Waals surface area (Å²) in [4.78, 5) is 0.375. The van der Waals surface area contributed by atoms with E-state index in [2.05, 4.69) is 5.32 Å². The fraction of sp³-hybridized carbons (Fsp3) is 0.600. The highest BCUT2D eigenvalue weighted by Gasteiger charge is 2.43. The Morgan fingerprint density at radius 2 is 1.95 bits per heavy atom. The van der Waals surface area contributed by atoms with Crippen LogP contribution >= 0.6 is 12.4 Å². The van der Waals surface area contributed by atoms with Gasteiger partial charge in [0, 0.05) is 18.6 Å². The third-order valence-corrected chi connectivity index (χ3v) is 6.53. The molecule has 7 heteroatoms. The number of halogens is 1. The van der Waals surface area contributed by atoms with Crippen molar-refractivity contribution in [2.45, 2.75) is 43.2 Å². The molecule has 2 saturated heterocycles. The predicted octanol–water partition coefficient (Wildman–Crippen LogP) is 1.94. The Bertz CT molecular complexity index is 622. The van der Waals surface area contributed by atoms with E-state index in [0.29, 0.717) is 4.90 Å². The third kappa shape index (κ3) is 2.97. The smallest absolute Gasteiger partial charge is 0.243 e. The van der Waals surface area contributed by atoms with Crippen LogP contribution in [0, 0.1) is 6.92 Å². The van der Waals surface area contributed by atoms with Gasteiger partial charge >= 0.3 is 0 Å². The van der Waals surface area contributed by atoms with Gasteiger partial charge in [0.15, 0.2) is 0 Å². The van der Waals surface area contributed by atoms with E-state index in [0.717, 1.165) is 43.7 Å². The molecule has 2 fully saturated rings. The number of nitrogens with one attached hydrogen (secondary N) is 1. The highest BCUT2D eigenvalue weighted by Crippen LogP contribution is 2.34. The largest absolute Gasteiger partial charge is 0.496 e. The van der Waals surface area contributed by atoms with Gasteiger partial charge in [-0.2, -0.15) is 4.31 Å². The Labute approximate surface area is 138 Å². The van der Waals surface area contributed by atoms with Gasteiger partial charge in [-0.25, -0.2) is 8.42 Å². The van der Waals surface area contributed by atoms with E-state index in [4.69, 9.17) is 4.74 Å². The fourth-order valence-corrected chi connectivity index (χ4v) is 5.45. The third-order valence-electron chi connectivity index (χ3n) is 4.53. The van der Waals surface area contributed by atoms with Crippen molar-refractivity contribution in [2.75, 3.05) is 20.2 Å². The lowest BCUT2D eigenvalue weighted by Gasteiger charge is -2.27. The first kappa shape index (κ1) is 17.5. The molecule has 0 saturated carbocycles. The molecule has 0 spiro atoms. The number of benzene rings is 1. The molecule has 0 aliphatic carbocycles. The van der Waals surface area contributed by atoms with Crippen LogP contribution in [-0.4, -0.2) is 45.0 Å². The Morgan fingerprint density at radius 3 is 2.64 bits per heavy atom. The fourth-order valence-electron chi connectivity index (χ4n) is 3.46. The Kier molecular flexibility index (Phi) is 5.37. The molecule has 2 aliphatic heterocycles. The predicted molar refractivity (Wildman–Crippen MR) is 88.3 cm³/mol. The van der Waals surface area contributed by atoms with Crippen molar-refractivity contribution in [3.05, 3.63) is 23.8 Å². The first-order valence-corrected chi connectivity index (χ1v) is 8.87. The molecule has 5 nitrogen and oxygen atoms in total. The highest BCUT2D eigenvalue weighted by molar-refractivity contribution is 7.89. The van der Waals surface area contributed by atoms with Gasteiger partial charge in [0.1, 0.15) is 5.75 Å². The molecule has 1 N–H and O–H groups in total. The molecule has 0 aromatic heterocycles. The molecule has 1 aromatic rings. The minimum absolute atomic E-state index is 0. The van der Waals surface area contributed by atoms with Crippen molar-refractivity contribution in [1.82, 2.24) is 9.62 Å². The number of hydrogen-bond donors (Lipinski definition) is 1. The molecule has 1 aromatic carbocycles. The van der Waals surface area contributed by atoms with Gasteiger partial charge < -0.3 is 10.1 Å². The summed E-state index contributed by atoms with van der Waals surface area (Å²) in [6.45, 7) is 3.52. The molecule has 0 radical (unpaired) electrons. The molecule has 2 aliphatic rings. The van der Waals surface area contributed by atoms with E-state index in [1.54, 1.807) is 29.6 Å². The summed E-state index contributed by atoms with van der Waals surface area (Å²) in [5.74, 6) is 0.717. The van der Waals surface area contributed by atoms with Crippen LogP contribution in [0.1, 0.15) is 24.8 Å². The maximum Gasteiger partial charge on any atom is 0.243 e. The van der Waals surface area contributed by atoms with E-state index < -0.39 is 10.0 Å². The van der Waals surface area contributed by atoms with Crippen LogP contribution < -0.4 is 10.1 Å². The first-order chi connectivity index (χ1) is 10.0. The minimum Gasteiger partial charge on any atom is -0.496 e. The van der Waals surface area contributed by atoms with E-state index in [9.17, 15) is 8.42 Å². The number of aryl methyl sites for hydroxylation is 1. The van der Waals surface area contributed by atoms with Gasteiger partial charge in [0.05, 0.1) is 12.0 Å². The number of rotatable bonds is 3. The van der Waals surface area contributed by atoms with Crippen molar-refractivity contribution in [1.29, 1.82) is 0 Å². The van der Waals surface area contributed by atoms with Crippen LogP contribution in [-0.2, 0) is 10.0 Å². The molecular formula is C15H23ClN2O3S. The van der Waals surface area contributed by atoms with Crippen molar-refractivity contribution in [3.63, 3.8) is 0 Å². The van der Waals surface area contributed by atoms with Gasteiger partial charge in [0.2, 0.25) is 10.0 Å². The van der Waals surface area contributed by atoms with Gasteiger partial charge in [-0.15, -0.1) is 12.4 Å². The average Bonchev–Trinajstić information content (AvgIpc) is 2.72. The number of sulfonamides is 1. The monoisotopic (exact) mass is 346 g/mol. The Morgan fingerprint density at radius 1 is 1.23 bits per heavy atom. The Balaban J connectivity index is 0.00000176. The number of ether oxygens (including phenoxy) is 1. The maximum atomic E-state index is 13.0. The number of methoxy groups -OCH3 is 1. The highest BCUT2D eigenvalue weighted by atomic mass is 35.5. The second-order valence-electron chi connectivity index (χ2n) is 5.84. The minimum atomic E-state index is -3.43. The quantitative estimate of drug-likeness (QED) is 0.908. The number of hydrogen-bond acceptors (Lipinski definition) is 4. The summed E-state index contributed by atoms with van der Waals surface area (Å²) >= 11 is 0. The van der Waals surface area contributed by atoms with E-state index in [1.807, 2.05) is 6.92 Å². The van der Waals surface area contributed by atoms with Crippen molar-refractivity contribution >= 4 is 22.4 Å². The molecule has 124 valence electrons. The lowest BCUT2D eigenvalue weighted by atomic mass is 10.1. The van der Waals surface area contributed by atoms with Crippen LogP contribution in [0.15, 0.2) is 23.1 Å². The molecule has 2 heterocycles. The summed E-state index contributed by atoms with van der Waals surface area (Å²) < 4.78 is 33.0. The molecule has 22 heavy (non-hydrogen) atoms. The summed E-state index contributed by atoms with van der Waals surface area (Å²) in [5.41, 5.74) is 0.846. The summed E-state index contributed by atoms with van der Waals surface area (Å²) in [6.07, 6.45) is 2.82. The van der Waals surface area contributed by atoms with Crippen molar-refractivity contribution < 1.29 is 13.2 Å². The lowest BCUT2D eigenvalue weighted by molar-refractivity contribution is 0.334. The Hall–Kier alpha value is -0.820. The lowest BCUT2D eigenvalue weighted by Crippen LogP contribution is -2.42. The maximum absolute atomic E-state index is 13.0. The SMILES string of the molecule is COc1ccc(S(=O)(=O)N2C3CCNCC2CC3)cc1C.Cl. The van der Waals surface area contributed by atoms with Crippen LogP contribution in [0.2, 0.25) is 0 Å². The van der Waals surface area contributed by atoms with Gasteiger partial charge in [0.25, 0.3) is 0 Å². The summed E-state index contributed by atoms with van der Waals surface area (Å²) in [6, 6.07) is 5.33. The standard InChI is InChI=1S/C15H22N2O3S.ClH/c1-11-9-14(5-6-15(11)20-2)21(18,19)17-12-3-4-13(17)10-16-8-7-12;/h5-6,9,12-13,16H,3-4,7-8,10H2,1-2H3;1H. The van der Waals surface area contributed by atoms with Gasteiger partial charge in [-0.05, 0) is 56.5 Å². The zero-order chi connectivity index (χ0) is 15.0. The van der Waals surface area contributed by atoms with Crippen LogP contribution in [0.4, 0.5) is 0 Å². The summed E-state index contributed by atoms with van der Waals surface area (Å²) in [5, 5.41) is 3.34. The number of fused-ring (bicyclic) bond motifs is 2. The molecule has 2 bridgehead atoms. The van der Waals surface area contributed by atoms with E-state index in [1.165, 1.54) is 0 Å². The van der Waals surface area contributed by atoms with Crippen LogP contribution in [0.25, 0.3) is 0 Å². The molecule has 0 amide bonds. The van der Waals surface area contributed by atoms with E-state index >= 15 is 0 Å². The summed E-state index contributed by atoms with van der Waals surface area (Å²) in [7, 11) is -1.84. The second-order valence-corrected chi connectivity index (χ2v) is 7.69. The average molecular weight is 347 g/mol. The molecule has 3 rings (SSSR count). The topological polar surface area (TPSA) is 58.6 Å². The van der Waals surface area contributed by atoms with Crippen molar-refractivity contribution in [2.24, 2.45) is 0 Å². The second kappa shape index (κ2) is 6.74. The number of nitrogens with zero attached hydrogens (tertiary/aromatic N) is 1. The first-order valence-electron chi connectivity index (χ1n) is 7.43.